The molecule has 0 unspecified atom stereocenters. The van der Waals surface area contributed by atoms with Gasteiger partial charge in [-0.15, -0.1) is 24.0 Å². The van der Waals surface area contributed by atoms with Gasteiger partial charge in [-0.25, -0.2) is 0 Å². The Bertz CT molecular complexity index is 534. The number of para-hydroxylation sites is 1. The molecule has 1 aromatic carbocycles. The molecule has 0 saturated heterocycles. The van der Waals surface area contributed by atoms with Crippen LogP contribution in [0.3, 0.4) is 0 Å². The van der Waals surface area contributed by atoms with Crippen molar-refractivity contribution in [2.45, 2.75) is 13.5 Å². The van der Waals surface area contributed by atoms with Gasteiger partial charge in [0.2, 0.25) is 0 Å². The second kappa shape index (κ2) is 5.90. The van der Waals surface area contributed by atoms with E-state index in [-0.39, 0.29) is 24.0 Å². The van der Waals surface area contributed by atoms with Crippen molar-refractivity contribution >= 4 is 40.9 Å². The summed E-state index contributed by atoms with van der Waals surface area (Å²) < 4.78 is 5.64. The molecule has 2 rings (SSSR count). The maximum absolute atomic E-state index is 5.64. The normalized spacial score (nSPS) is 11.3. The van der Waals surface area contributed by atoms with E-state index in [2.05, 4.69) is 10.3 Å². The van der Waals surface area contributed by atoms with Crippen LogP contribution in [0.5, 0.6) is 0 Å². The Morgan fingerprint density at radius 3 is 2.82 bits per heavy atom. The van der Waals surface area contributed by atoms with Crippen LogP contribution >= 0.6 is 24.0 Å². The van der Waals surface area contributed by atoms with Gasteiger partial charge >= 0.3 is 0 Å². The maximum atomic E-state index is 5.64. The molecule has 4 nitrogen and oxygen atoms in total. The summed E-state index contributed by atoms with van der Waals surface area (Å²) in [4.78, 5) is 3.85. The van der Waals surface area contributed by atoms with Crippen LogP contribution < -0.4 is 11.1 Å². The van der Waals surface area contributed by atoms with Crippen LogP contribution in [0, 0.1) is 6.92 Å². The van der Waals surface area contributed by atoms with E-state index in [0.29, 0.717) is 12.5 Å². The highest BCUT2D eigenvalue weighted by Crippen LogP contribution is 2.24. The highest BCUT2D eigenvalue weighted by atomic mass is 127. The quantitative estimate of drug-likeness (QED) is 0.499. The number of aryl methyl sites for hydroxylation is 1. The Labute approximate surface area is 117 Å². The van der Waals surface area contributed by atoms with Crippen molar-refractivity contribution < 1.29 is 4.42 Å². The summed E-state index contributed by atoms with van der Waals surface area (Å²) in [5.74, 6) is 1.35. The minimum atomic E-state index is 0. The number of halogens is 1. The summed E-state index contributed by atoms with van der Waals surface area (Å²) >= 11 is 0. The summed E-state index contributed by atoms with van der Waals surface area (Å²) in [7, 11) is 1.66. The number of aliphatic imine (C=N–C) groups is 1. The molecule has 0 fully saturated rings. The molecule has 0 radical (unpaired) electrons. The second-order valence-corrected chi connectivity index (χ2v) is 3.60. The van der Waals surface area contributed by atoms with Gasteiger partial charge in [0, 0.05) is 24.5 Å². The van der Waals surface area contributed by atoms with E-state index in [4.69, 9.17) is 10.2 Å². The molecule has 17 heavy (non-hydrogen) atoms. The molecule has 1 aromatic heterocycles. The van der Waals surface area contributed by atoms with Gasteiger partial charge in [0.15, 0.2) is 5.96 Å². The van der Waals surface area contributed by atoms with Crippen LogP contribution in [0.2, 0.25) is 0 Å². The van der Waals surface area contributed by atoms with E-state index in [1.807, 2.05) is 31.2 Å². The molecule has 0 aliphatic heterocycles. The van der Waals surface area contributed by atoms with Crippen LogP contribution in [0.25, 0.3) is 11.0 Å². The molecular weight excluding hydrogens is 329 g/mol. The molecule has 1 heterocycles. The fraction of sp³-hybridized carbons (Fsp3) is 0.250. The van der Waals surface area contributed by atoms with Crippen LogP contribution in [0.4, 0.5) is 0 Å². The van der Waals surface area contributed by atoms with Crippen LogP contribution in [0.1, 0.15) is 11.3 Å². The number of guanidine groups is 1. The minimum Gasteiger partial charge on any atom is -0.461 e. The Morgan fingerprint density at radius 2 is 2.12 bits per heavy atom. The maximum Gasteiger partial charge on any atom is 0.188 e. The van der Waals surface area contributed by atoms with Crippen LogP contribution in [0.15, 0.2) is 33.7 Å². The smallest absolute Gasteiger partial charge is 0.188 e. The molecule has 0 bridgehead atoms. The topological polar surface area (TPSA) is 63.5 Å². The van der Waals surface area contributed by atoms with Gasteiger partial charge < -0.3 is 15.5 Å². The van der Waals surface area contributed by atoms with E-state index in [9.17, 15) is 0 Å². The van der Waals surface area contributed by atoms with Gasteiger partial charge in [-0.3, -0.25) is 4.99 Å². The average Bonchev–Trinajstić information content (AvgIpc) is 2.62. The number of furan rings is 1. The lowest BCUT2D eigenvalue weighted by atomic mass is 10.1. The highest BCUT2D eigenvalue weighted by Gasteiger charge is 2.09. The van der Waals surface area contributed by atoms with Crippen molar-refractivity contribution in [2.24, 2.45) is 10.7 Å². The van der Waals surface area contributed by atoms with Crippen LogP contribution in [-0.4, -0.2) is 13.0 Å². The number of hydrogen-bond acceptors (Lipinski definition) is 2. The van der Waals surface area contributed by atoms with Gasteiger partial charge in [-0.05, 0) is 13.0 Å². The van der Waals surface area contributed by atoms with Gasteiger partial charge in [-0.1, -0.05) is 18.2 Å². The SMILES string of the molecule is CN=C(N)NCc1c(C)oc2ccccc12.I. The Balaban J connectivity index is 0.00000144. The lowest BCUT2D eigenvalue weighted by molar-refractivity contribution is 0.570. The van der Waals surface area contributed by atoms with E-state index < -0.39 is 0 Å². The largest absolute Gasteiger partial charge is 0.461 e. The first kappa shape index (κ1) is 13.8. The predicted molar refractivity (Wildman–Crippen MR) is 80.8 cm³/mol. The third-order valence-corrected chi connectivity index (χ3v) is 2.59. The van der Waals surface area contributed by atoms with E-state index in [1.54, 1.807) is 7.05 Å². The van der Waals surface area contributed by atoms with Crippen molar-refractivity contribution in [2.75, 3.05) is 7.05 Å². The van der Waals surface area contributed by atoms with E-state index in [1.165, 1.54) is 0 Å². The lowest BCUT2D eigenvalue weighted by Gasteiger charge is -2.03. The summed E-state index contributed by atoms with van der Waals surface area (Å²) in [5, 5.41) is 4.16. The molecule has 0 amide bonds. The Hall–Kier alpha value is -1.24. The molecular formula is C12H16IN3O. The van der Waals surface area contributed by atoms with Crippen molar-refractivity contribution in [1.82, 2.24) is 5.32 Å². The number of hydrogen-bond donors (Lipinski definition) is 2. The standard InChI is InChI=1S/C12H15N3O.HI/c1-8-10(7-15-12(13)14-2)9-5-3-4-6-11(9)16-8;/h3-6H,7H2,1-2H3,(H3,13,14,15);1H. The fourth-order valence-electron chi connectivity index (χ4n) is 1.70. The molecule has 0 aliphatic rings. The zero-order valence-corrected chi connectivity index (χ0v) is 12.2. The molecule has 5 heteroatoms. The predicted octanol–water partition coefficient (Wildman–Crippen LogP) is 2.39. The summed E-state index contributed by atoms with van der Waals surface area (Å²) in [5.41, 5.74) is 7.63. The Kier molecular flexibility index (Phi) is 4.80. The minimum absolute atomic E-state index is 0. The number of rotatable bonds is 2. The van der Waals surface area contributed by atoms with Crippen LogP contribution in [-0.2, 0) is 6.54 Å². The average molecular weight is 345 g/mol. The molecule has 2 aromatic rings. The van der Waals surface area contributed by atoms with Gasteiger partial charge in [-0.2, -0.15) is 0 Å². The van der Waals surface area contributed by atoms with E-state index >= 15 is 0 Å². The molecule has 0 aliphatic carbocycles. The fourth-order valence-corrected chi connectivity index (χ4v) is 1.70. The first-order valence-corrected chi connectivity index (χ1v) is 5.15. The number of nitrogens with two attached hydrogens (primary N) is 1. The molecule has 0 spiro atoms. The van der Waals surface area contributed by atoms with Gasteiger partial charge in [0.05, 0.1) is 0 Å². The number of nitrogens with one attached hydrogen (secondary N) is 1. The van der Waals surface area contributed by atoms with E-state index in [0.717, 1.165) is 22.3 Å². The summed E-state index contributed by atoms with van der Waals surface area (Å²) in [6.07, 6.45) is 0. The van der Waals surface area contributed by atoms with Crippen molar-refractivity contribution in [3.8, 4) is 0 Å². The number of benzene rings is 1. The zero-order valence-electron chi connectivity index (χ0n) is 9.86. The zero-order chi connectivity index (χ0) is 11.5. The van der Waals surface area contributed by atoms with Crippen molar-refractivity contribution in [3.63, 3.8) is 0 Å². The first-order valence-electron chi connectivity index (χ1n) is 5.15. The number of fused-ring (bicyclic) bond motifs is 1. The van der Waals surface area contributed by atoms with Crippen molar-refractivity contribution in [1.29, 1.82) is 0 Å². The third-order valence-electron chi connectivity index (χ3n) is 2.59. The number of nitrogens with zero attached hydrogens (tertiary/aromatic N) is 1. The molecule has 92 valence electrons. The molecule has 0 saturated carbocycles. The summed E-state index contributed by atoms with van der Waals surface area (Å²) in [6, 6.07) is 7.97. The molecule has 3 N–H and O–H groups in total. The Morgan fingerprint density at radius 1 is 1.41 bits per heavy atom. The monoisotopic (exact) mass is 345 g/mol. The van der Waals surface area contributed by atoms with Gasteiger partial charge in [0.25, 0.3) is 0 Å². The lowest BCUT2D eigenvalue weighted by Crippen LogP contribution is -2.30. The summed E-state index contributed by atoms with van der Waals surface area (Å²) in [6.45, 7) is 2.59. The van der Waals surface area contributed by atoms with Gasteiger partial charge in [0.1, 0.15) is 11.3 Å². The van der Waals surface area contributed by atoms with Crippen molar-refractivity contribution in [3.05, 3.63) is 35.6 Å². The highest BCUT2D eigenvalue weighted by molar-refractivity contribution is 14.0. The first-order chi connectivity index (χ1) is 7.72. The third kappa shape index (κ3) is 2.91. The molecule has 0 atom stereocenters. The second-order valence-electron chi connectivity index (χ2n) is 3.60.